The van der Waals surface area contributed by atoms with Crippen molar-refractivity contribution in [3.8, 4) is 0 Å². The molecule has 0 spiro atoms. The molecule has 0 bridgehead atoms. The van der Waals surface area contributed by atoms with E-state index in [0.29, 0.717) is 13.1 Å². The zero-order valence-electron chi connectivity index (χ0n) is 20.1. The molecule has 4 amide bonds. The Labute approximate surface area is 185 Å². The number of ether oxygens (including phenoxy) is 2. The number of carbonyl (C=O) groups is 4. The van der Waals surface area contributed by atoms with Crippen molar-refractivity contribution in [3.63, 3.8) is 0 Å². The Morgan fingerprint density at radius 2 is 0.968 bits per heavy atom. The molecule has 10 heteroatoms. The van der Waals surface area contributed by atoms with E-state index in [1.54, 1.807) is 55.4 Å². The highest BCUT2D eigenvalue weighted by Crippen LogP contribution is 2.07. The SMILES string of the molecule is C[C@H](NC(=O)OC(C)(C)C)C(=O)NCCCCCNC(=O)[C@H](C)NC(=O)OC(C)(C)C. The zero-order valence-corrected chi connectivity index (χ0v) is 20.1. The second kappa shape index (κ2) is 13.0. The minimum Gasteiger partial charge on any atom is -0.444 e. The molecule has 0 aliphatic heterocycles. The zero-order chi connectivity index (χ0) is 24.2. The quantitative estimate of drug-likeness (QED) is 0.382. The highest BCUT2D eigenvalue weighted by atomic mass is 16.6. The fourth-order valence-electron chi connectivity index (χ4n) is 2.26. The van der Waals surface area contributed by atoms with Gasteiger partial charge >= 0.3 is 12.2 Å². The molecule has 0 heterocycles. The Morgan fingerprint density at radius 1 is 0.645 bits per heavy atom. The van der Waals surface area contributed by atoms with Gasteiger partial charge in [-0.15, -0.1) is 0 Å². The van der Waals surface area contributed by atoms with E-state index >= 15 is 0 Å². The average Bonchev–Trinajstić information content (AvgIpc) is 2.56. The molecular formula is C21H40N4O6. The summed E-state index contributed by atoms with van der Waals surface area (Å²) in [6, 6.07) is -1.40. The number of hydrogen-bond donors (Lipinski definition) is 4. The first kappa shape index (κ1) is 28.5. The lowest BCUT2D eigenvalue weighted by atomic mass is 10.2. The lowest BCUT2D eigenvalue weighted by molar-refractivity contribution is -0.123. The Hall–Kier alpha value is -2.52. The van der Waals surface area contributed by atoms with Gasteiger partial charge in [0.05, 0.1) is 0 Å². The molecule has 4 N–H and O–H groups in total. The van der Waals surface area contributed by atoms with E-state index in [2.05, 4.69) is 21.3 Å². The van der Waals surface area contributed by atoms with Crippen molar-refractivity contribution >= 4 is 24.0 Å². The van der Waals surface area contributed by atoms with Crippen LogP contribution in [0, 0.1) is 0 Å². The van der Waals surface area contributed by atoms with Gasteiger partial charge in [0.25, 0.3) is 0 Å². The van der Waals surface area contributed by atoms with Gasteiger partial charge in [-0.2, -0.15) is 0 Å². The van der Waals surface area contributed by atoms with E-state index in [9.17, 15) is 19.2 Å². The van der Waals surface area contributed by atoms with Gasteiger partial charge in [0.15, 0.2) is 0 Å². The van der Waals surface area contributed by atoms with Crippen molar-refractivity contribution in [1.82, 2.24) is 21.3 Å². The fourth-order valence-corrected chi connectivity index (χ4v) is 2.26. The summed E-state index contributed by atoms with van der Waals surface area (Å²) in [5.74, 6) is -0.581. The van der Waals surface area contributed by atoms with Crippen LogP contribution in [0.3, 0.4) is 0 Å². The van der Waals surface area contributed by atoms with Crippen LogP contribution in [-0.4, -0.2) is 60.4 Å². The third kappa shape index (κ3) is 15.9. The summed E-state index contributed by atoms with van der Waals surface area (Å²) in [5.41, 5.74) is -1.25. The molecule has 0 aromatic carbocycles. The molecule has 0 aliphatic rings. The molecule has 0 aromatic heterocycles. The van der Waals surface area contributed by atoms with Crippen molar-refractivity contribution < 1.29 is 28.7 Å². The van der Waals surface area contributed by atoms with Gasteiger partial charge in [0, 0.05) is 13.1 Å². The van der Waals surface area contributed by atoms with Gasteiger partial charge < -0.3 is 30.7 Å². The number of alkyl carbamates (subject to hydrolysis) is 2. The third-order valence-electron chi connectivity index (χ3n) is 3.71. The standard InChI is InChI=1S/C21H40N4O6/c1-14(24-18(28)30-20(3,4)5)16(26)22-12-10-9-11-13-23-17(27)15(2)25-19(29)31-21(6,7)8/h14-15H,9-13H2,1-8H3,(H,22,26)(H,23,27)(H,24,28)(H,25,29)/t14-,15-/m0/s1. The lowest BCUT2D eigenvalue weighted by Gasteiger charge is -2.21. The van der Waals surface area contributed by atoms with Crippen LogP contribution >= 0.6 is 0 Å². The van der Waals surface area contributed by atoms with E-state index in [0.717, 1.165) is 19.3 Å². The first-order valence-electron chi connectivity index (χ1n) is 10.6. The van der Waals surface area contributed by atoms with Crippen molar-refractivity contribution in [3.05, 3.63) is 0 Å². The summed E-state index contributed by atoms with van der Waals surface area (Å²) in [5, 5.41) is 10.5. The maximum atomic E-state index is 12.0. The van der Waals surface area contributed by atoms with E-state index in [1.165, 1.54) is 0 Å². The largest absolute Gasteiger partial charge is 0.444 e. The van der Waals surface area contributed by atoms with Crippen molar-refractivity contribution in [1.29, 1.82) is 0 Å². The molecule has 0 aromatic rings. The first-order valence-corrected chi connectivity index (χ1v) is 10.6. The average molecular weight is 445 g/mol. The van der Waals surface area contributed by atoms with Crippen molar-refractivity contribution in [2.75, 3.05) is 13.1 Å². The predicted molar refractivity (Wildman–Crippen MR) is 118 cm³/mol. The van der Waals surface area contributed by atoms with Crippen LogP contribution in [0.2, 0.25) is 0 Å². The number of amides is 4. The maximum absolute atomic E-state index is 12.0. The third-order valence-corrected chi connectivity index (χ3v) is 3.71. The molecule has 31 heavy (non-hydrogen) atoms. The minimum atomic E-state index is -0.701. The fraction of sp³-hybridized carbons (Fsp3) is 0.810. The molecule has 0 aliphatic carbocycles. The van der Waals surface area contributed by atoms with Gasteiger partial charge in [0.1, 0.15) is 23.3 Å². The van der Waals surface area contributed by atoms with Gasteiger partial charge in [0.2, 0.25) is 11.8 Å². The Balaban J connectivity index is 3.90. The molecule has 0 rings (SSSR count). The van der Waals surface area contributed by atoms with E-state index in [4.69, 9.17) is 9.47 Å². The number of rotatable bonds is 10. The lowest BCUT2D eigenvalue weighted by Crippen LogP contribution is -2.46. The number of unbranched alkanes of at least 4 members (excludes halogenated alkanes) is 2. The van der Waals surface area contributed by atoms with Gasteiger partial charge in [-0.3, -0.25) is 9.59 Å². The molecule has 2 atom stereocenters. The Morgan fingerprint density at radius 3 is 1.26 bits per heavy atom. The Bertz CT molecular complexity index is 558. The van der Waals surface area contributed by atoms with Gasteiger partial charge in [-0.05, 0) is 74.7 Å². The van der Waals surface area contributed by atoms with Crippen LogP contribution in [-0.2, 0) is 19.1 Å². The van der Waals surface area contributed by atoms with Crippen LogP contribution in [0.15, 0.2) is 0 Å². The van der Waals surface area contributed by atoms with Gasteiger partial charge in [-0.1, -0.05) is 0 Å². The van der Waals surface area contributed by atoms with Crippen LogP contribution < -0.4 is 21.3 Å². The summed E-state index contributed by atoms with van der Waals surface area (Å²) in [7, 11) is 0. The van der Waals surface area contributed by atoms with Crippen molar-refractivity contribution in [2.45, 2.75) is 97.9 Å². The molecular weight excluding hydrogens is 404 g/mol. The van der Waals surface area contributed by atoms with Crippen LogP contribution in [0.5, 0.6) is 0 Å². The molecule has 0 fully saturated rings. The monoisotopic (exact) mass is 444 g/mol. The molecule has 0 saturated carbocycles. The van der Waals surface area contributed by atoms with Crippen LogP contribution in [0.4, 0.5) is 9.59 Å². The second-order valence-corrected chi connectivity index (χ2v) is 9.38. The van der Waals surface area contributed by atoms with Crippen molar-refractivity contribution in [2.24, 2.45) is 0 Å². The topological polar surface area (TPSA) is 135 Å². The maximum Gasteiger partial charge on any atom is 0.408 e. The number of carbonyl (C=O) groups excluding carboxylic acids is 4. The molecule has 0 saturated heterocycles. The number of nitrogens with one attached hydrogen (secondary N) is 4. The summed E-state index contributed by atoms with van der Waals surface area (Å²) in [6.07, 6.45) is 0.976. The highest BCUT2D eigenvalue weighted by Gasteiger charge is 2.21. The molecule has 10 nitrogen and oxygen atoms in total. The van der Waals surface area contributed by atoms with E-state index in [1.807, 2.05) is 0 Å². The van der Waals surface area contributed by atoms with E-state index < -0.39 is 35.5 Å². The number of hydrogen-bond acceptors (Lipinski definition) is 6. The summed E-state index contributed by atoms with van der Waals surface area (Å²) in [6.45, 7) is 14.6. The molecule has 180 valence electrons. The second-order valence-electron chi connectivity index (χ2n) is 9.38. The normalized spacial score (nSPS) is 13.4. The van der Waals surface area contributed by atoms with Crippen LogP contribution in [0.1, 0.15) is 74.7 Å². The van der Waals surface area contributed by atoms with Gasteiger partial charge in [-0.25, -0.2) is 9.59 Å². The Kier molecular flexibility index (Phi) is 12.0. The minimum absolute atomic E-state index is 0.291. The van der Waals surface area contributed by atoms with E-state index in [-0.39, 0.29) is 11.8 Å². The summed E-state index contributed by atoms with van der Waals surface area (Å²) >= 11 is 0. The predicted octanol–water partition coefficient (Wildman–Crippen LogP) is 2.22. The summed E-state index contributed by atoms with van der Waals surface area (Å²) < 4.78 is 10.2. The first-order chi connectivity index (χ1) is 14.1. The highest BCUT2D eigenvalue weighted by molar-refractivity contribution is 5.85. The molecule has 0 unspecified atom stereocenters. The summed E-state index contributed by atoms with van der Waals surface area (Å²) in [4.78, 5) is 47.3. The smallest absolute Gasteiger partial charge is 0.408 e. The molecule has 0 radical (unpaired) electrons. The van der Waals surface area contributed by atoms with Crippen LogP contribution in [0.25, 0.3) is 0 Å².